The molecule has 2 aromatic heterocycles. The molecule has 0 bridgehead atoms. The van der Waals surface area contributed by atoms with E-state index in [0.717, 1.165) is 17.6 Å². The van der Waals surface area contributed by atoms with Crippen molar-refractivity contribution < 1.29 is 21.9 Å². The van der Waals surface area contributed by atoms with E-state index in [1.165, 1.54) is 12.1 Å². The topological polar surface area (TPSA) is 85.6 Å². The highest BCUT2D eigenvalue weighted by molar-refractivity contribution is 7.99. The Labute approximate surface area is 209 Å². The summed E-state index contributed by atoms with van der Waals surface area (Å²) in [7, 11) is -4.24. The Balaban J connectivity index is 1.48. The third-order valence-corrected chi connectivity index (χ3v) is 8.37. The zero-order valence-electron chi connectivity index (χ0n) is 18.1. The van der Waals surface area contributed by atoms with Gasteiger partial charge in [-0.3, -0.25) is 9.38 Å². The lowest BCUT2D eigenvalue weighted by atomic mass is 10.2. The molecule has 5 rings (SSSR count). The first-order valence-corrected chi connectivity index (χ1v) is 13.7. The number of imidazole rings is 1. The van der Waals surface area contributed by atoms with Gasteiger partial charge >= 0.3 is 0 Å². The smallest absolute Gasteiger partial charge is 0.243 e. The molecule has 1 fully saturated rings. The molecule has 1 aliphatic heterocycles. The van der Waals surface area contributed by atoms with E-state index in [1.54, 1.807) is 47.0 Å². The van der Waals surface area contributed by atoms with Crippen LogP contribution in [0.25, 0.3) is 16.9 Å². The van der Waals surface area contributed by atoms with Crippen molar-refractivity contribution in [3.8, 4) is 22.9 Å². The number of rotatable bonds is 6. The van der Waals surface area contributed by atoms with Gasteiger partial charge in [-0.05, 0) is 42.5 Å². The summed E-state index contributed by atoms with van der Waals surface area (Å²) in [6.45, 7) is 0. The highest BCUT2D eigenvalue weighted by Crippen LogP contribution is 2.37. The molecule has 35 heavy (non-hydrogen) atoms. The number of sulfonamides is 1. The zero-order chi connectivity index (χ0) is 24.6. The fourth-order valence-electron chi connectivity index (χ4n) is 3.83. The summed E-state index contributed by atoms with van der Waals surface area (Å²) >= 11 is 7.91. The second kappa shape index (κ2) is 9.73. The van der Waals surface area contributed by atoms with Crippen molar-refractivity contribution in [2.45, 2.75) is 23.8 Å². The summed E-state index contributed by atoms with van der Waals surface area (Å²) < 4.78 is 65.3. The SMILES string of the molecule is O=S(=O)(NC1CCSCC1)c1cc(F)c(Oc2ccc(Cl)cc2-c2ncc3cnccn23)cc1F. The predicted octanol–water partition coefficient (Wildman–Crippen LogP) is 5.29. The molecule has 12 heteroatoms. The van der Waals surface area contributed by atoms with Gasteiger partial charge in [-0.1, -0.05) is 11.6 Å². The quantitative estimate of drug-likeness (QED) is 0.360. The first-order chi connectivity index (χ1) is 16.8. The van der Waals surface area contributed by atoms with E-state index in [2.05, 4.69) is 14.7 Å². The Morgan fingerprint density at radius 3 is 2.69 bits per heavy atom. The maximum atomic E-state index is 15.0. The molecular formula is C23H19ClF2N4O3S2. The van der Waals surface area contributed by atoms with Crippen molar-refractivity contribution in [2.75, 3.05) is 11.5 Å². The fourth-order valence-corrected chi connectivity index (χ4v) is 6.48. The van der Waals surface area contributed by atoms with Gasteiger partial charge in [0.05, 0.1) is 23.5 Å². The molecule has 1 aliphatic rings. The Hall–Kier alpha value is -2.73. The monoisotopic (exact) mass is 536 g/mol. The number of aromatic nitrogens is 3. The second-order valence-corrected chi connectivity index (χ2v) is 11.3. The minimum Gasteiger partial charge on any atom is -0.453 e. The molecule has 3 heterocycles. The van der Waals surface area contributed by atoms with E-state index in [1.807, 2.05) is 0 Å². The van der Waals surface area contributed by atoms with Gasteiger partial charge in [-0.25, -0.2) is 26.9 Å². The van der Waals surface area contributed by atoms with Gasteiger partial charge in [-0.2, -0.15) is 11.8 Å². The van der Waals surface area contributed by atoms with E-state index in [-0.39, 0.29) is 11.8 Å². The molecule has 7 nitrogen and oxygen atoms in total. The molecule has 0 aliphatic carbocycles. The van der Waals surface area contributed by atoms with E-state index in [0.29, 0.717) is 40.8 Å². The predicted molar refractivity (Wildman–Crippen MR) is 131 cm³/mol. The van der Waals surface area contributed by atoms with Crippen molar-refractivity contribution in [1.82, 2.24) is 19.1 Å². The van der Waals surface area contributed by atoms with E-state index >= 15 is 0 Å². The fraction of sp³-hybridized carbons (Fsp3) is 0.217. The minimum absolute atomic E-state index is 0.158. The summed E-state index contributed by atoms with van der Waals surface area (Å²) in [4.78, 5) is 7.67. The number of nitrogens with one attached hydrogen (secondary N) is 1. The molecule has 0 saturated carbocycles. The van der Waals surface area contributed by atoms with Crippen LogP contribution in [0.5, 0.6) is 11.5 Å². The van der Waals surface area contributed by atoms with Crippen LogP contribution < -0.4 is 9.46 Å². The average molecular weight is 537 g/mol. The van der Waals surface area contributed by atoms with Crippen LogP contribution in [-0.4, -0.2) is 40.3 Å². The maximum absolute atomic E-state index is 15.0. The van der Waals surface area contributed by atoms with Crippen LogP contribution in [0.3, 0.4) is 0 Å². The number of nitrogens with zero attached hydrogens (tertiary/aromatic N) is 3. The van der Waals surface area contributed by atoms with Crippen molar-refractivity contribution in [1.29, 1.82) is 0 Å². The zero-order valence-corrected chi connectivity index (χ0v) is 20.5. The van der Waals surface area contributed by atoms with Crippen molar-refractivity contribution in [3.05, 3.63) is 71.8 Å². The first-order valence-electron chi connectivity index (χ1n) is 10.7. The van der Waals surface area contributed by atoms with Crippen LogP contribution in [0.1, 0.15) is 12.8 Å². The van der Waals surface area contributed by atoms with Crippen LogP contribution in [0.4, 0.5) is 8.78 Å². The summed E-state index contributed by atoms with van der Waals surface area (Å²) in [5, 5.41) is 0.387. The summed E-state index contributed by atoms with van der Waals surface area (Å²) in [6.07, 6.45) is 7.76. The van der Waals surface area contributed by atoms with E-state index in [4.69, 9.17) is 16.3 Å². The van der Waals surface area contributed by atoms with Gasteiger partial charge in [0.2, 0.25) is 10.0 Å². The molecule has 0 atom stereocenters. The Kier molecular flexibility index (Phi) is 6.67. The summed E-state index contributed by atoms with van der Waals surface area (Å²) in [5.74, 6) is -0.386. The van der Waals surface area contributed by atoms with Gasteiger partial charge in [0, 0.05) is 35.6 Å². The largest absolute Gasteiger partial charge is 0.453 e. The molecular weight excluding hydrogens is 518 g/mol. The van der Waals surface area contributed by atoms with Crippen molar-refractivity contribution >= 4 is 38.9 Å². The molecule has 0 unspecified atom stereocenters. The van der Waals surface area contributed by atoms with Crippen LogP contribution in [0, 0.1) is 11.6 Å². The maximum Gasteiger partial charge on any atom is 0.243 e. The van der Waals surface area contributed by atoms with Gasteiger partial charge in [-0.15, -0.1) is 0 Å². The number of benzene rings is 2. The number of fused-ring (bicyclic) bond motifs is 1. The Bertz CT molecular complexity index is 1510. The molecule has 2 aromatic carbocycles. The third kappa shape index (κ3) is 4.99. The van der Waals surface area contributed by atoms with E-state index in [9.17, 15) is 17.2 Å². The molecule has 0 spiro atoms. The second-order valence-electron chi connectivity index (χ2n) is 7.92. The number of hydrogen-bond donors (Lipinski definition) is 1. The van der Waals surface area contributed by atoms with Gasteiger partial charge in [0.1, 0.15) is 22.3 Å². The Morgan fingerprint density at radius 2 is 1.89 bits per heavy atom. The molecule has 0 amide bonds. The average Bonchev–Trinajstić information content (AvgIpc) is 3.26. The number of ether oxygens (including phenoxy) is 1. The van der Waals surface area contributed by atoms with Gasteiger partial charge in [0.15, 0.2) is 11.6 Å². The van der Waals surface area contributed by atoms with Crippen LogP contribution in [0.15, 0.2) is 60.0 Å². The summed E-state index contributed by atoms with van der Waals surface area (Å²) in [5.41, 5.74) is 1.14. The lowest BCUT2D eigenvalue weighted by Crippen LogP contribution is -2.37. The van der Waals surface area contributed by atoms with Crippen LogP contribution >= 0.6 is 23.4 Å². The van der Waals surface area contributed by atoms with Crippen LogP contribution in [-0.2, 0) is 10.0 Å². The lowest BCUT2D eigenvalue weighted by molar-refractivity contribution is 0.432. The highest BCUT2D eigenvalue weighted by atomic mass is 35.5. The number of halogens is 3. The van der Waals surface area contributed by atoms with Crippen molar-refractivity contribution in [2.24, 2.45) is 0 Å². The van der Waals surface area contributed by atoms with Gasteiger partial charge < -0.3 is 4.74 Å². The standard InChI is InChI=1S/C23H19ClF2N4O3S2/c24-14-1-2-20(17(9-14)23-28-13-16-12-27-5-6-30(16)23)33-21-10-19(26)22(11-18(21)25)35(31,32)29-15-3-7-34-8-4-15/h1-2,5-6,9-13,15,29H,3-4,7-8H2. The molecule has 1 saturated heterocycles. The molecule has 0 radical (unpaired) electrons. The minimum atomic E-state index is -4.24. The highest BCUT2D eigenvalue weighted by Gasteiger charge is 2.27. The summed E-state index contributed by atoms with van der Waals surface area (Å²) in [6, 6.07) is 5.69. The number of thioether (sulfide) groups is 1. The van der Waals surface area contributed by atoms with Crippen molar-refractivity contribution in [3.63, 3.8) is 0 Å². The number of hydrogen-bond acceptors (Lipinski definition) is 6. The third-order valence-electron chi connectivity index (χ3n) is 5.56. The van der Waals surface area contributed by atoms with Gasteiger partial charge in [0.25, 0.3) is 0 Å². The van der Waals surface area contributed by atoms with E-state index < -0.39 is 32.3 Å². The normalized spacial score (nSPS) is 14.9. The molecule has 182 valence electrons. The molecule has 1 N–H and O–H groups in total. The van der Waals surface area contributed by atoms with Crippen LogP contribution in [0.2, 0.25) is 5.02 Å². The molecule has 4 aromatic rings. The Morgan fingerprint density at radius 1 is 1.09 bits per heavy atom. The first kappa shape index (κ1) is 24.0. The lowest BCUT2D eigenvalue weighted by Gasteiger charge is -2.22.